The standard InChI is InChI=1S/C16H24O/c1-11(2)17-13-8-9-15(16(3,4)5)14(10-13)12-6-7-12/h8-12H,6-7H2,1-5H3. The molecule has 0 aliphatic heterocycles. The fraction of sp³-hybridized carbons (Fsp3) is 0.625. The van der Waals surface area contributed by atoms with Crippen LogP contribution in [-0.2, 0) is 5.41 Å². The lowest BCUT2D eigenvalue weighted by Gasteiger charge is -2.24. The first kappa shape index (κ1) is 12.5. The summed E-state index contributed by atoms with van der Waals surface area (Å²) in [6.07, 6.45) is 2.94. The predicted octanol–water partition coefficient (Wildman–Crippen LogP) is 4.65. The lowest BCUT2D eigenvalue weighted by molar-refractivity contribution is 0.242. The maximum absolute atomic E-state index is 5.80. The Morgan fingerprint density at radius 1 is 1.18 bits per heavy atom. The van der Waals surface area contributed by atoms with Gasteiger partial charge in [0.15, 0.2) is 0 Å². The van der Waals surface area contributed by atoms with E-state index in [-0.39, 0.29) is 11.5 Å². The van der Waals surface area contributed by atoms with Crippen molar-refractivity contribution in [1.29, 1.82) is 0 Å². The average Bonchev–Trinajstić information content (AvgIpc) is 2.97. The molecule has 0 radical (unpaired) electrons. The molecular formula is C16H24O. The molecule has 0 aromatic heterocycles. The summed E-state index contributed by atoms with van der Waals surface area (Å²) in [7, 11) is 0. The van der Waals surface area contributed by atoms with Gasteiger partial charge in [0.2, 0.25) is 0 Å². The molecule has 0 unspecified atom stereocenters. The molecule has 0 amide bonds. The van der Waals surface area contributed by atoms with Gasteiger partial charge in [0.05, 0.1) is 6.10 Å². The van der Waals surface area contributed by atoms with Gasteiger partial charge in [-0.15, -0.1) is 0 Å². The summed E-state index contributed by atoms with van der Waals surface area (Å²) < 4.78 is 5.80. The number of benzene rings is 1. The Bertz CT molecular complexity index is 394. The number of ether oxygens (including phenoxy) is 1. The van der Waals surface area contributed by atoms with Crippen molar-refractivity contribution in [3.8, 4) is 5.75 Å². The lowest BCUT2D eigenvalue weighted by Crippen LogP contribution is -2.14. The molecular weight excluding hydrogens is 208 g/mol. The Balaban J connectivity index is 2.35. The molecule has 17 heavy (non-hydrogen) atoms. The van der Waals surface area contributed by atoms with Crippen LogP contribution in [0.2, 0.25) is 0 Å². The summed E-state index contributed by atoms with van der Waals surface area (Å²) in [5.74, 6) is 1.80. The third-order valence-corrected chi connectivity index (χ3v) is 3.22. The fourth-order valence-electron chi connectivity index (χ4n) is 2.30. The quantitative estimate of drug-likeness (QED) is 0.737. The number of hydrogen-bond donors (Lipinski definition) is 0. The summed E-state index contributed by atoms with van der Waals surface area (Å²) >= 11 is 0. The van der Waals surface area contributed by atoms with Gasteiger partial charge < -0.3 is 4.74 Å². The van der Waals surface area contributed by atoms with Crippen molar-refractivity contribution in [2.45, 2.75) is 64.9 Å². The maximum atomic E-state index is 5.80. The van der Waals surface area contributed by atoms with E-state index in [0.717, 1.165) is 11.7 Å². The highest BCUT2D eigenvalue weighted by atomic mass is 16.5. The molecule has 1 nitrogen and oxygen atoms in total. The zero-order valence-corrected chi connectivity index (χ0v) is 11.7. The van der Waals surface area contributed by atoms with Crippen LogP contribution >= 0.6 is 0 Å². The molecule has 0 atom stereocenters. The second-order valence-corrected chi connectivity index (χ2v) is 6.44. The molecule has 1 aliphatic carbocycles. The van der Waals surface area contributed by atoms with E-state index in [9.17, 15) is 0 Å². The second kappa shape index (κ2) is 4.36. The molecule has 1 fully saturated rings. The molecule has 1 saturated carbocycles. The highest BCUT2D eigenvalue weighted by Gasteiger charge is 2.30. The first-order valence-electron chi connectivity index (χ1n) is 6.69. The van der Waals surface area contributed by atoms with Crippen molar-refractivity contribution in [2.75, 3.05) is 0 Å². The first-order chi connectivity index (χ1) is 7.88. The van der Waals surface area contributed by atoms with Gasteiger partial charge in [-0.05, 0) is 61.3 Å². The lowest BCUT2D eigenvalue weighted by atomic mass is 9.82. The molecule has 94 valence electrons. The Kier molecular flexibility index (Phi) is 3.20. The Hall–Kier alpha value is -0.980. The highest BCUT2D eigenvalue weighted by molar-refractivity contribution is 5.43. The second-order valence-electron chi connectivity index (χ2n) is 6.44. The summed E-state index contributed by atoms with van der Waals surface area (Å²) in [6, 6.07) is 6.64. The van der Waals surface area contributed by atoms with Crippen LogP contribution in [0.4, 0.5) is 0 Å². The zero-order valence-electron chi connectivity index (χ0n) is 11.7. The molecule has 1 aromatic rings. The predicted molar refractivity (Wildman–Crippen MR) is 72.9 cm³/mol. The van der Waals surface area contributed by atoms with E-state index in [2.05, 4.69) is 52.8 Å². The molecule has 1 aliphatic rings. The van der Waals surface area contributed by atoms with Crippen LogP contribution in [-0.4, -0.2) is 6.10 Å². The Morgan fingerprint density at radius 2 is 1.82 bits per heavy atom. The summed E-state index contributed by atoms with van der Waals surface area (Å²) in [6.45, 7) is 11.0. The van der Waals surface area contributed by atoms with Gasteiger partial charge in [-0.25, -0.2) is 0 Å². The molecule has 0 spiro atoms. The van der Waals surface area contributed by atoms with Crippen molar-refractivity contribution in [2.24, 2.45) is 0 Å². The third kappa shape index (κ3) is 3.02. The van der Waals surface area contributed by atoms with Gasteiger partial charge >= 0.3 is 0 Å². The summed E-state index contributed by atoms with van der Waals surface area (Å²) in [5, 5.41) is 0. The van der Waals surface area contributed by atoms with E-state index in [4.69, 9.17) is 4.74 Å². The van der Waals surface area contributed by atoms with Crippen LogP contribution in [0.5, 0.6) is 5.75 Å². The zero-order chi connectivity index (χ0) is 12.6. The van der Waals surface area contributed by atoms with Crippen LogP contribution in [0, 0.1) is 0 Å². The van der Waals surface area contributed by atoms with Gasteiger partial charge in [0, 0.05) is 0 Å². The van der Waals surface area contributed by atoms with Gasteiger partial charge in [0.1, 0.15) is 5.75 Å². The minimum Gasteiger partial charge on any atom is -0.491 e. The Labute approximate surface area is 105 Å². The monoisotopic (exact) mass is 232 g/mol. The van der Waals surface area contributed by atoms with Crippen molar-refractivity contribution in [3.05, 3.63) is 29.3 Å². The molecule has 1 heteroatoms. The number of hydrogen-bond acceptors (Lipinski definition) is 1. The van der Waals surface area contributed by atoms with Crippen LogP contribution < -0.4 is 4.74 Å². The van der Waals surface area contributed by atoms with E-state index < -0.39 is 0 Å². The third-order valence-electron chi connectivity index (χ3n) is 3.22. The van der Waals surface area contributed by atoms with Crippen LogP contribution in [0.15, 0.2) is 18.2 Å². The van der Waals surface area contributed by atoms with Crippen LogP contribution in [0.3, 0.4) is 0 Å². The van der Waals surface area contributed by atoms with Crippen molar-refractivity contribution in [1.82, 2.24) is 0 Å². The molecule has 0 bridgehead atoms. The van der Waals surface area contributed by atoms with Gasteiger partial charge in [-0.2, -0.15) is 0 Å². The largest absolute Gasteiger partial charge is 0.491 e. The molecule has 1 aromatic carbocycles. The minimum atomic E-state index is 0.230. The number of rotatable bonds is 3. The highest BCUT2D eigenvalue weighted by Crippen LogP contribution is 2.45. The average molecular weight is 232 g/mol. The molecule has 2 rings (SSSR count). The van der Waals surface area contributed by atoms with E-state index >= 15 is 0 Å². The SMILES string of the molecule is CC(C)Oc1ccc(C(C)(C)C)c(C2CC2)c1. The van der Waals surface area contributed by atoms with Crippen molar-refractivity contribution >= 4 is 0 Å². The first-order valence-corrected chi connectivity index (χ1v) is 6.69. The van der Waals surface area contributed by atoms with Gasteiger partial charge in [-0.3, -0.25) is 0 Å². The van der Waals surface area contributed by atoms with Crippen molar-refractivity contribution < 1.29 is 4.74 Å². The fourth-order valence-corrected chi connectivity index (χ4v) is 2.30. The van der Waals surface area contributed by atoms with Gasteiger partial charge in [-0.1, -0.05) is 26.8 Å². The van der Waals surface area contributed by atoms with E-state index in [1.54, 1.807) is 0 Å². The van der Waals surface area contributed by atoms with E-state index in [1.807, 2.05) is 0 Å². The molecule has 0 N–H and O–H groups in total. The Morgan fingerprint density at radius 3 is 2.29 bits per heavy atom. The smallest absolute Gasteiger partial charge is 0.119 e. The van der Waals surface area contributed by atoms with Gasteiger partial charge in [0.25, 0.3) is 0 Å². The normalized spacial score (nSPS) is 16.4. The summed E-state index contributed by atoms with van der Waals surface area (Å²) in [5.41, 5.74) is 3.22. The van der Waals surface area contributed by atoms with Crippen LogP contribution in [0.1, 0.15) is 64.5 Å². The van der Waals surface area contributed by atoms with Crippen LogP contribution in [0.25, 0.3) is 0 Å². The summed E-state index contributed by atoms with van der Waals surface area (Å²) in [4.78, 5) is 0. The molecule has 0 saturated heterocycles. The maximum Gasteiger partial charge on any atom is 0.119 e. The minimum absolute atomic E-state index is 0.230. The topological polar surface area (TPSA) is 9.23 Å². The molecule has 0 heterocycles. The van der Waals surface area contributed by atoms with Crippen molar-refractivity contribution in [3.63, 3.8) is 0 Å². The van der Waals surface area contributed by atoms with E-state index in [0.29, 0.717) is 0 Å². The van der Waals surface area contributed by atoms with E-state index in [1.165, 1.54) is 24.0 Å².